The zero-order chi connectivity index (χ0) is 24.1. The molecule has 1 saturated heterocycles. The summed E-state index contributed by atoms with van der Waals surface area (Å²) in [7, 11) is 3.17. The van der Waals surface area contributed by atoms with Gasteiger partial charge in [0.15, 0.2) is 11.5 Å². The van der Waals surface area contributed by atoms with Gasteiger partial charge < -0.3 is 29.4 Å². The van der Waals surface area contributed by atoms with Crippen LogP contribution in [-0.2, 0) is 14.3 Å². The van der Waals surface area contributed by atoms with Crippen LogP contribution in [0.1, 0.15) is 23.0 Å². The molecule has 2 aliphatic rings. The van der Waals surface area contributed by atoms with Crippen LogP contribution in [0.4, 0.5) is 0 Å². The number of benzene rings is 2. The third kappa shape index (κ3) is 5.26. The molecule has 3 atom stereocenters. The Bertz CT molecular complexity index is 1010. The molecule has 2 aromatic rings. The van der Waals surface area contributed by atoms with Crippen molar-refractivity contribution in [3.05, 3.63) is 53.6 Å². The van der Waals surface area contributed by atoms with E-state index in [4.69, 9.17) is 18.9 Å². The number of carboxylic acids is 1. The molecule has 2 aliphatic heterocycles. The molecule has 0 aromatic heterocycles. The van der Waals surface area contributed by atoms with Crippen LogP contribution in [-0.4, -0.2) is 75.7 Å². The lowest BCUT2D eigenvalue weighted by Gasteiger charge is -2.42. The van der Waals surface area contributed by atoms with Crippen molar-refractivity contribution in [2.75, 3.05) is 53.8 Å². The van der Waals surface area contributed by atoms with Crippen LogP contribution in [0.5, 0.6) is 17.2 Å². The molecule has 0 bridgehead atoms. The van der Waals surface area contributed by atoms with Gasteiger partial charge in [-0.05, 0) is 35.4 Å². The van der Waals surface area contributed by atoms with Crippen molar-refractivity contribution in [3.8, 4) is 17.2 Å². The highest BCUT2D eigenvalue weighted by molar-refractivity contribution is 5.78. The molecule has 1 amide bonds. The summed E-state index contributed by atoms with van der Waals surface area (Å²) in [5.74, 6) is -0.380. The minimum atomic E-state index is -0.868. The molecule has 0 radical (unpaired) electrons. The number of nitrogens with zero attached hydrogens (tertiary/aromatic N) is 1. The van der Waals surface area contributed by atoms with E-state index in [0.29, 0.717) is 43.5 Å². The zero-order valence-corrected chi connectivity index (χ0v) is 19.4. The highest BCUT2D eigenvalue weighted by atomic mass is 16.7. The molecule has 2 heterocycles. The van der Waals surface area contributed by atoms with E-state index in [9.17, 15) is 14.7 Å². The maximum atomic E-state index is 12.6. The van der Waals surface area contributed by atoms with E-state index in [1.165, 1.54) is 0 Å². The number of carbonyl (C=O) groups excluding carboxylic acids is 1. The second kappa shape index (κ2) is 10.8. The summed E-state index contributed by atoms with van der Waals surface area (Å²) < 4.78 is 21.2. The summed E-state index contributed by atoms with van der Waals surface area (Å²) in [5.41, 5.74) is 1.74. The molecule has 9 nitrogen and oxygen atoms in total. The molecule has 9 heteroatoms. The molecule has 182 valence electrons. The topological polar surface area (TPSA) is 107 Å². The molecule has 4 rings (SSSR count). The van der Waals surface area contributed by atoms with Gasteiger partial charge in [0.05, 0.1) is 26.2 Å². The van der Waals surface area contributed by atoms with E-state index in [0.717, 1.165) is 11.1 Å². The summed E-state index contributed by atoms with van der Waals surface area (Å²) in [4.78, 5) is 27.2. The van der Waals surface area contributed by atoms with Gasteiger partial charge in [-0.2, -0.15) is 0 Å². The van der Waals surface area contributed by atoms with Crippen molar-refractivity contribution < 1.29 is 33.6 Å². The first kappa shape index (κ1) is 23.8. The zero-order valence-electron chi connectivity index (χ0n) is 19.4. The Morgan fingerprint density at radius 1 is 1.03 bits per heavy atom. The molecule has 0 saturated carbocycles. The molecule has 2 N–H and O–H groups in total. The Kier molecular flexibility index (Phi) is 7.54. The van der Waals surface area contributed by atoms with Crippen LogP contribution < -0.4 is 19.5 Å². The monoisotopic (exact) mass is 470 g/mol. The number of amides is 1. The largest absolute Gasteiger partial charge is 0.497 e. The van der Waals surface area contributed by atoms with Crippen LogP contribution in [0.25, 0.3) is 0 Å². The average Bonchev–Trinajstić information content (AvgIpc) is 3.31. The van der Waals surface area contributed by atoms with Crippen molar-refractivity contribution in [1.82, 2.24) is 10.2 Å². The van der Waals surface area contributed by atoms with Gasteiger partial charge in [-0.25, -0.2) is 0 Å². The molecule has 1 fully saturated rings. The molecule has 0 spiro atoms. The third-order valence-electron chi connectivity index (χ3n) is 6.43. The number of likely N-dealkylation sites (tertiary alicyclic amines) is 1. The lowest BCUT2D eigenvalue weighted by molar-refractivity contribution is -0.145. The van der Waals surface area contributed by atoms with Crippen LogP contribution in [0, 0.1) is 5.92 Å². The van der Waals surface area contributed by atoms with Gasteiger partial charge in [0.2, 0.25) is 12.7 Å². The maximum Gasteiger partial charge on any atom is 0.307 e. The van der Waals surface area contributed by atoms with Gasteiger partial charge in [-0.15, -0.1) is 0 Å². The van der Waals surface area contributed by atoms with Crippen LogP contribution in [0.2, 0.25) is 0 Å². The van der Waals surface area contributed by atoms with E-state index in [1.54, 1.807) is 14.2 Å². The van der Waals surface area contributed by atoms with Gasteiger partial charge in [0.1, 0.15) is 5.75 Å². The number of piperidine rings is 1. The van der Waals surface area contributed by atoms with Crippen LogP contribution >= 0.6 is 0 Å². The number of carbonyl (C=O) groups is 2. The highest BCUT2D eigenvalue weighted by Gasteiger charge is 2.43. The van der Waals surface area contributed by atoms with Crippen LogP contribution in [0.15, 0.2) is 42.5 Å². The summed E-state index contributed by atoms with van der Waals surface area (Å²) in [6, 6.07) is 13.0. The van der Waals surface area contributed by atoms with Crippen molar-refractivity contribution in [2.45, 2.75) is 11.8 Å². The van der Waals surface area contributed by atoms with Gasteiger partial charge in [-0.1, -0.05) is 18.2 Å². The number of methoxy groups -OCH3 is 2. The smallest absolute Gasteiger partial charge is 0.307 e. The second-order valence-electron chi connectivity index (χ2n) is 8.50. The Labute approximate surface area is 198 Å². The lowest BCUT2D eigenvalue weighted by Crippen LogP contribution is -2.50. The van der Waals surface area contributed by atoms with Crippen molar-refractivity contribution in [3.63, 3.8) is 0 Å². The van der Waals surface area contributed by atoms with Crippen molar-refractivity contribution in [2.24, 2.45) is 5.92 Å². The number of carboxylic acid groups (broad SMARTS) is 1. The van der Waals surface area contributed by atoms with E-state index < -0.39 is 11.9 Å². The Morgan fingerprint density at radius 3 is 2.38 bits per heavy atom. The summed E-state index contributed by atoms with van der Waals surface area (Å²) >= 11 is 0. The number of nitrogens with one attached hydrogen (secondary N) is 1. The van der Waals surface area contributed by atoms with E-state index in [2.05, 4.69) is 5.32 Å². The standard InChI is InChI=1S/C25H30N2O7/c1-31-10-9-26-23(28)14-27-12-19(16-3-6-18(32-2)7-4-16)24(25(29)30)20(13-27)17-5-8-21-22(11-17)34-15-33-21/h3-8,11,19-20,24H,9-10,12-15H2,1-2H3,(H,26,28)(H,29,30)/t19-,20-,24-/m1/s1. The number of hydrogen-bond donors (Lipinski definition) is 2. The molecule has 2 aromatic carbocycles. The molecule has 34 heavy (non-hydrogen) atoms. The summed E-state index contributed by atoms with van der Waals surface area (Å²) in [6.07, 6.45) is 0. The van der Waals surface area contributed by atoms with E-state index in [-0.39, 0.29) is 31.1 Å². The highest BCUT2D eigenvalue weighted by Crippen LogP contribution is 2.44. The van der Waals surface area contributed by atoms with Gasteiger partial charge in [-0.3, -0.25) is 14.5 Å². The summed E-state index contributed by atoms with van der Waals surface area (Å²) in [6.45, 7) is 2.05. The van der Waals surface area contributed by atoms with Gasteiger partial charge in [0.25, 0.3) is 0 Å². The van der Waals surface area contributed by atoms with Crippen molar-refractivity contribution >= 4 is 11.9 Å². The Balaban J connectivity index is 1.65. The normalized spacial score (nSPS) is 21.8. The fraction of sp³-hybridized carbons (Fsp3) is 0.440. The average molecular weight is 471 g/mol. The Hall–Kier alpha value is -3.30. The first-order valence-electron chi connectivity index (χ1n) is 11.2. The van der Waals surface area contributed by atoms with E-state index >= 15 is 0 Å². The fourth-order valence-electron chi connectivity index (χ4n) is 4.78. The summed E-state index contributed by atoms with van der Waals surface area (Å²) in [5, 5.41) is 13.2. The second-order valence-corrected chi connectivity index (χ2v) is 8.50. The van der Waals surface area contributed by atoms with Crippen molar-refractivity contribution in [1.29, 1.82) is 0 Å². The van der Waals surface area contributed by atoms with Gasteiger partial charge >= 0.3 is 5.97 Å². The van der Waals surface area contributed by atoms with E-state index in [1.807, 2.05) is 47.4 Å². The number of aliphatic carboxylic acids is 1. The molecular weight excluding hydrogens is 440 g/mol. The Morgan fingerprint density at radius 2 is 1.71 bits per heavy atom. The number of ether oxygens (including phenoxy) is 4. The van der Waals surface area contributed by atoms with Crippen LogP contribution in [0.3, 0.4) is 0 Å². The lowest BCUT2D eigenvalue weighted by atomic mass is 9.71. The molecule has 0 aliphatic carbocycles. The fourth-order valence-corrected chi connectivity index (χ4v) is 4.78. The minimum absolute atomic E-state index is 0.122. The number of fused-ring (bicyclic) bond motifs is 1. The predicted molar refractivity (Wildman–Crippen MR) is 123 cm³/mol. The first-order valence-corrected chi connectivity index (χ1v) is 11.2. The minimum Gasteiger partial charge on any atom is -0.497 e. The molecular formula is C25H30N2O7. The third-order valence-corrected chi connectivity index (χ3v) is 6.43. The predicted octanol–water partition coefficient (Wildman–Crippen LogP) is 2.07. The number of hydrogen-bond acceptors (Lipinski definition) is 7. The SMILES string of the molecule is COCCNC(=O)CN1C[C@H](c2ccc(OC)cc2)[C@@H](C(=O)O)[C@@H](c2ccc3c(c2)OCO3)C1. The number of rotatable bonds is 9. The maximum absolute atomic E-state index is 12.6. The quantitative estimate of drug-likeness (QED) is 0.537. The molecule has 0 unspecified atom stereocenters. The van der Waals surface area contributed by atoms with Gasteiger partial charge in [0, 0.05) is 38.6 Å². The first-order chi connectivity index (χ1) is 16.5.